The van der Waals surface area contributed by atoms with Crippen LogP contribution in [0.1, 0.15) is 21.6 Å². The fraction of sp³-hybridized carbons (Fsp3) is 0.190. The van der Waals surface area contributed by atoms with E-state index >= 15 is 0 Å². The second-order valence-electron chi connectivity index (χ2n) is 6.50. The first-order valence-corrected chi connectivity index (χ1v) is 9.05. The predicted molar refractivity (Wildman–Crippen MR) is 109 cm³/mol. The molecule has 0 atom stereocenters. The largest absolute Gasteiger partial charge is 0.491 e. The molecule has 0 unspecified atom stereocenters. The number of carbonyl (C=O) groups excluding carboxylic acids is 1. The summed E-state index contributed by atoms with van der Waals surface area (Å²) in [6.45, 7) is 4.26. The second kappa shape index (κ2) is 7.67. The first kappa shape index (κ1) is 19.1. The zero-order chi connectivity index (χ0) is 21.3. The maximum atomic E-state index is 13.1. The molecular weight excluding hydrogens is 384 g/mol. The Hall–Kier alpha value is -4.19. The van der Waals surface area contributed by atoms with Crippen LogP contribution in [0.4, 0.5) is 5.69 Å². The standard InChI is InChI=1S/C21H18N6O3/c1-4-13-7-16(14-8-18(29-2)20(30-3)23-9-14)25-17-12-27(21(28)19(13)17)15-10-24-26(11-15)6-5-22/h4,7-11H,1,6,12H2,2-3H3. The van der Waals surface area contributed by atoms with Crippen molar-refractivity contribution >= 4 is 17.7 Å². The SMILES string of the molecule is C=Cc1cc(-c2cnc(OC)c(OC)c2)nc2c1C(=O)N(c1cnn(CC#N)c1)C2. The van der Waals surface area contributed by atoms with Crippen LogP contribution >= 0.6 is 0 Å². The van der Waals surface area contributed by atoms with Crippen molar-refractivity contribution in [2.45, 2.75) is 13.1 Å². The molecule has 1 amide bonds. The van der Waals surface area contributed by atoms with Gasteiger partial charge in [-0.15, -0.1) is 0 Å². The average molecular weight is 402 g/mol. The van der Waals surface area contributed by atoms with Crippen LogP contribution in [0.15, 0.2) is 37.3 Å². The molecule has 0 spiro atoms. The van der Waals surface area contributed by atoms with Gasteiger partial charge in [-0.2, -0.15) is 10.4 Å². The Morgan fingerprint density at radius 3 is 2.83 bits per heavy atom. The number of amides is 1. The van der Waals surface area contributed by atoms with Gasteiger partial charge >= 0.3 is 0 Å². The van der Waals surface area contributed by atoms with E-state index in [1.165, 1.54) is 18.9 Å². The lowest BCUT2D eigenvalue weighted by molar-refractivity contribution is 0.0996. The highest BCUT2D eigenvalue weighted by Gasteiger charge is 2.33. The Morgan fingerprint density at radius 2 is 2.13 bits per heavy atom. The fourth-order valence-electron chi connectivity index (χ4n) is 3.38. The minimum Gasteiger partial charge on any atom is -0.491 e. The molecule has 150 valence electrons. The Bertz CT molecular complexity index is 1190. The van der Waals surface area contributed by atoms with Crippen molar-refractivity contribution in [3.63, 3.8) is 0 Å². The summed E-state index contributed by atoms with van der Waals surface area (Å²) in [5, 5.41) is 12.9. The van der Waals surface area contributed by atoms with Crippen LogP contribution in [0.5, 0.6) is 11.6 Å². The van der Waals surface area contributed by atoms with E-state index in [1.807, 2.05) is 6.07 Å². The first-order valence-electron chi connectivity index (χ1n) is 9.05. The fourth-order valence-corrected chi connectivity index (χ4v) is 3.38. The molecule has 4 heterocycles. The number of fused-ring (bicyclic) bond motifs is 1. The zero-order valence-corrected chi connectivity index (χ0v) is 16.5. The van der Waals surface area contributed by atoms with Crippen LogP contribution < -0.4 is 14.4 Å². The van der Waals surface area contributed by atoms with Crippen LogP contribution in [0.2, 0.25) is 0 Å². The van der Waals surface area contributed by atoms with Gasteiger partial charge in [-0.05, 0) is 17.7 Å². The average Bonchev–Trinajstić information content (AvgIpc) is 3.37. The molecule has 4 rings (SSSR count). The summed E-state index contributed by atoms with van der Waals surface area (Å²) in [6.07, 6.45) is 6.51. The van der Waals surface area contributed by atoms with Crippen molar-refractivity contribution in [3.05, 3.63) is 54.1 Å². The number of carbonyl (C=O) groups is 1. The van der Waals surface area contributed by atoms with E-state index < -0.39 is 0 Å². The molecule has 0 fully saturated rings. The zero-order valence-electron chi connectivity index (χ0n) is 16.5. The van der Waals surface area contributed by atoms with E-state index in [-0.39, 0.29) is 12.5 Å². The van der Waals surface area contributed by atoms with Crippen molar-refractivity contribution in [2.24, 2.45) is 0 Å². The monoisotopic (exact) mass is 402 g/mol. The summed E-state index contributed by atoms with van der Waals surface area (Å²) in [4.78, 5) is 23.6. The van der Waals surface area contributed by atoms with Gasteiger partial charge in [0.15, 0.2) is 5.75 Å². The highest BCUT2D eigenvalue weighted by molar-refractivity contribution is 6.11. The van der Waals surface area contributed by atoms with Crippen molar-refractivity contribution < 1.29 is 14.3 Å². The van der Waals surface area contributed by atoms with Gasteiger partial charge < -0.3 is 9.47 Å². The topological polar surface area (TPSA) is 106 Å². The summed E-state index contributed by atoms with van der Waals surface area (Å²) in [7, 11) is 3.06. The Labute approximate surface area is 172 Å². The smallest absolute Gasteiger partial charge is 0.261 e. The van der Waals surface area contributed by atoms with E-state index in [0.717, 1.165) is 5.56 Å². The van der Waals surface area contributed by atoms with Crippen LogP contribution in [-0.4, -0.2) is 39.9 Å². The number of rotatable bonds is 6. The maximum absolute atomic E-state index is 13.1. The third kappa shape index (κ3) is 3.14. The van der Waals surface area contributed by atoms with Crippen molar-refractivity contribution in [1.29, 1.82) is 5.26 Å². The number of aromatic nitrogens is 4. The van der Waals surface area contributed by atoms with Crippen molar-refractivity contribution in [3.8, 4) is 29.0 Å². The number of pyridine rings is 2. The van der Waals surface area contributed by atoms with Crippen LogP contribution in [0, 0.1) is 11.3 Å². The number of ether oxygens (including phenoxy) is 2. The molecular formula is C21H18N6O3. The van der Waals surface area contributed by atoms with E-state index in [1.54, 1.807) is 41.7 Å². The Balaban J connectivity index is 1.74. The third-order valence-electron chi connectivity index (χ3n) is 4.80. The van der Waals surface area contributed by atoms with Crippen LogP contribution in [0.25, 0.3) is 17.3 Å². The molecule has 0 saturated heterocycles. The van der Waals surface area contributed by atoms with E-state index in [0.29, 0.717) is 46.4 Å². The molecule has 0 N–H and O–H groups in total. The van der Waals surface area contributed by atoms with E-state index in [2.05, 4.69) is 16.7 Å². The summed E-state index contributed by atoms with van der Waals surface area (Å²) in [5.74, 6) is 0.683. The van der Waals surface area contributed by atoms with Gasteiger partial charge in [0.25, 0.3) is 11.8 Å². The number of anilines is 1. The van der Waals surface area contributed by atoms with Gasteiger partial charge in [0.2, 0.25) is 0 Å². The molecule has 1 aliphatic rings. The lowest BCUT2D eigenvalue weighted by atomic mass is 10.0. The molecule has 0 saturated carbocycles. The predicted octanol–water partition coefficient (Wildman–Crippen LogP) is 2.68. The van der Waals surface area contributed by atoms with Crippen LogP contribution in [0.3, 0.4) is 0 Å². The highest BCUT2D eigenvalue weighted by atomic mass is 16.5. The van der Waals surface area contributed by atoms with Gasteiger partial charge in [0.05, 0.1) is 55.7 Å². The molecule has 3 aromatic rings. The maximum Gasteiger partial charge on any atom is 0.261 e. The quantitative estimate of drug-likeness (QED) is 0.624. The van der Waals surface area contributed by atoms with E-state index in [9.17, 15) is 4.79 Å². The number of hydrogen-bond acceptors (Lipinski definition) is 7. The summed E-state index contributed by atoms with van der Waals surface area (Å²) in [6, 6.07) is 5.61. The number of methoxy groups -OCH3 is 2. The lowest BCUT2D eigenvalue weighted by Gasteiger charge is -2.12. The number of nitriles is 1. The van der Waals surface area contributed by atoms with Gasteiger partial charge in [0.1, 0.15) is 6.54 Å². The van der Waals surface area contributed by atoms with E-state index in [4.69, 9.17) is 19.7 Å². The molecule has 30 heavy (non-hydrogen) atoms. The normalized spacial score (nSPS) is 12.4. The third-order valence-corrected chi connectivity index (χ3v) is 4.80. The summed E-state index contributed by atoms with van der Waals surface area (Å²) < 4.78 is 12.0. The molecule has 9 heteroatoms. The minimum atomic E-state index is -0.180. The molecule has 3 aromatic heterocycles. The molecule has 0 aromatic carbocycles. The first-order chi connectivity index (χ1) is 14.6. The van der Waals surface area contributed by atoms with Crippen molar-refractivity contribution in [1.82, 2.24) is 19.7 Å². The van der Waals surface area contributed by atoms with Gasteiger partial charge in [-0.3, -0.25) is 14.4 Å². The van der Waals surface area contributed by atoms with Gasteiger partial charge in [-0.25, -0.2) is 9.97 Å². The number of nitrogens with zero attached hydrogens (tertiary/aromatic N) is 6. The van der Waals surface area contributed by atoms with Crippen LogP contribution in [-0.2, 0) is 13.1 Å². The molecule has 9 nitrogen and oxygen atoms in total. The van der Waals surface area contributed by atoms with Crippen molar-refractivity contribution in [2.75, 3.05) is 19.1 Å². The summed E-state index contributed by atoms with van der Waals surface area (Å²) >= 11 is 0. The highest BCUT2D eigenvalue weighted by Crippen LogP contribution is 2.34. The molecule has 0 bridgehead atoms. The summed E-state index contributed by atoms with van der Waals surface area (Å²) in [5.41, 5.74) is 3.81. The Kier molecular flexibility index (Phi) is 4.90. The molecule has 0 aliphatic carbocycles. The minimum absolute atomic E-state index is 0.113. The van der Waals surface area contributed by atoms with Gasteiger partial charge in [0, 0.05) is 18.0 Å². The second-order valence-corrected chi connectivity index (χ2v) is 6.50. The molecule has 0 radical (unpaired) electrons. The Morgan fingerprint density at radius 1 is 1.30 bits per heavy atom. The molecule has 1 aliphatic heterocycles. The number of hydrogen-bond donors (Lipinski definition) is 0. The van der Waals surface area contributed by atoms with Gasteiger partial charge in [-0.1, -0.05) is 12.7 Å². The lowest BCUT2D eigenvalue weighted by Crippen LogP contribution is -2.22.